The van der Waals surface area contributed by atoms with Gasteiger partial charge in [0, 0.05) is 43.3 Å². The molecule has 0 aliphatic rings. The molecule has 1 aromatic heterocycles. The number of carbonyl (C=O) groups is 17. The van der Waals surface area contributed by atoms with Crippen molar-refractivity contribution in [1.29, 1.82) is 0 Å². The quantitative estimate of drug-likeness (QED) is 0.0310. The van der Waals surface area contributed by atoms with E-state index in [1.807, 2.05) is 38.1 Å². The number of aliphatic hydroxyl groups is 2. The van der Waals surface area contributed by atoms with Crippen LogP contribution < -0.4 is 91.2 Å². The lowest BCUT2D eigenvalue weighted by atomic mass is 9.93. The maximum Gasteiger partial charge on any atom is 0.246 e. The summed E-state index contributed by atoms with van der Waals surface area (Å²) in [4.78, 5) is 232. The van der Waals surface area contributed by atoms with Crippen LogP contribution in [0.4, 0.5) is 0 Å². The van der Waals surface area contributed by atoms with E-state index in [4.69, 9.17) is 11.5 Å². The minimum Gasteiger partial charge on any atom is -0.394 e. The van der Waals surface area contributed by atoms with Crippen LogP contribution in [-0.2, 0) is 87.9 Å². The van der Waals surface area contributed by atoms with Crippen LogP contribution in [0.1, 0.15) is 189 Å². The van der Waals surface area contributed by atoms with Crippen LogP contribution in [-0.4, -0.2) is 217 Å². The number of aromatic amines is 1. The van der Waals surface area contributed by atoms with Gasteiger partial charge in [0.15, 0.2) is 0 Å². The average Bonchev–Trinajstić information content (AvgIpc) is 1.47. The number of H-pyrrole nitrogens is 1. The normalized spacial score (nSPS) is 15.1. The van der Waals surface area contributed by atoms with Gasteiger partial charge in [-0.2, -0.15) is 0 Å². The Hall–Kier alpha value is -10.3. The first-order valence-electron chi connectivity index (χ1n) is 36.6. The van der Waals surface area contributed by atoms with Gasteiger partial charge in [0.05, 0.1) is 19.3 Å². The lowest BCUT2D eigenvalue weighted by molar-refractivity contribution is -0.140. The van der Waals surface area contributed by atoms with Crippen LogP contribution >= 0.6 is 0 Å². The average molecular weight is 1550 g/mol. The van der Waals surface area contributed by atoms with E-state index >= 15 is 0 Å². The number of primary amides is 2. The zero-order valence-corrected chi connectivity index (χ0v) is 67.0. The molecule has 0 fully saturated rings. The van der Waals surface area contributed by atoms with Crippen molar-refractivity contribution in [3.63, 3.8) is 0 Å². The third-order valence-corrected chi connectivity index (χ3v) is 18.0. The van der Waals surface area contributed by atoms with E-state index in [2.05, 4.69) is 84.7 Å². The number of para-hydroxylation sites is 1. The number of fused-ring (bicyclic) bond motifs is 1. The molecule has 1 aromatic carbocycles. The Labute approximate surface area is 641 Å². The van der Waals surface area contributed by atoms with Gasteiger partial charge in [-0.05, 0) is 145 Å². The molecule has 17 amide bonds. The van der Waals surface area contributed by atoms with Crippen molar-refractivity contribution in [2.75, 3.05) is 13.2 Å². The monoisotopic (exact) mass is 1550 g/mol. The number of hydrogen-bond donors (Lipinski definition) is 20. The van der Waals surface area contributed by atoms with E-state index in [1.54, 1.807) is 40.8 Å². The largest absolute Gasteiger partial charge is 0.394 e. The maximum absolute atomic E-state index is 14.0. The molecule has 2 rings (SSSR count). The molecule has 110 heavy (non-hydrogen) atoms. The molecule has 0 bridgehead atoms. The second kappa shape index (κ2) is 42.0. The van der Waals surface area contributed by atoms with Crippen LogP contribution in [0.15, 0.2) is 30.5 Å². The molecule has 2 aromatic rings. The van der Waals surface area contributed by atoms with E-state index < -0.39 is 221 Å². The van der Waals surface area contributed by atoms with E-state index in [1.165, 1.54) is 90.0 Å². The molecule has 0 unspecified atom stereocenters. The maximum atomic E-state index is 14.0. The summed E-state index contributed by atoms with van der Waals surface area (Å²) in [5.41, 5.74) is 3.26. The van der Waals surface area contributed by atoms with Gasteiger partial charge >= 0.3 is 0 Å². The Balaban J connectivity index is 2.13. The summed E-state index contributed by atoms with van der Waals surface area (Å²) >= 11 is 0. The summed E-state index contributed by atoms with van der Waals surface area (Å²) in [5, 5.41) is 58.8. The Morgan fingerprint density at radius 3 is 1.31 bits per heavy atom. The number of nitrogens with one attached hydrogen (secondary N) is 16. The second-order valence-electron chi connectivity index (χ2n) is 31.3. The molecule has 0 saturated heterocycles. The summed E-state index contributed by atoms with van der Waals surface area (Å²) in [6.07, 6.45) is 0.813. The minimum absolute atomic E-state index is 0.0334. The first kappa shape index (κ1) is 95.7. The molecule has 22 N–H and O–H groups in total. The van der Waals surface area contributed by atoms with Crippen molar-refractivity contribution in [2.45, 2.75) is 278 Å². The number of rotatable bonds is 45. The van der Waals surface area contributed by atoms with Gasteiger partial charge < -0.3 is 106 Å². The fourth-order valence-corrected chi connectivity index (χ4v) is 10.9. The van der Waals surface area contributed by atoms with Gasteiger partial charge in [0.2, 0.25) is 100 Å². The Morgan fingerprint density at radius 2 is 0.836 bits per heavy atom. The summed E-state index contributed by atoms with van der Waals surface area (Å²) in [6.45, 7) is 27.4. The van der Waals surface area contributed by atoms with E-state index in [0.717, 1.165) is 16.5 Å². The van der Waals surface area contributed by atoms with Crippen LogP contribution in [0, 0.1) is 17.8 Å². The Morgan fingerprint density at radius 1 is 0.418 bits per heavy atom. The fourth-order valence-electron chi connectivity index (χ4n) is 10.9. The molecule has 0 radical (unpaired) electrons. The molecule has 0 saturated carbocycles. The number of amides is 17. The van der Waals surface area contributed by atoms with E-state index in [9.17, 15) is 91.7 Å². The fraction of sp³-hybridized carbons (Fsp3) is 0.658. The summed E-state index contributed by atoms with van der Waals surface area (Å²) in [6, 6.07) is -5.85. The molecule has 0 aliphatic carbocycles. The van der Waals surface area contributed by atoms with Crippen molar-refractivity contribution < 1.29 is 91.7 Å². The number of hydrogen-bond acceptors (Lipinski definition) is 19. The predicted molar refractivity (Wildman–Crippen MR) is 405 cm³/mol. The molecular weight excluding hydrogens is 1430 g/mol. The van der Waals surface area contributed by atoms with Crippen molar-refractivity contribution in [1.82, 2.24) is 84.7 Å². The number of carbonyl (C=O) groups excluding carboxylic acids is 17. The Kier molecular flexibility index (Phi) is 36.6. The highest BCUT2D eigenvalue weighted by Gasteiger charge is 2.44. The highest BCUT2D eigenvalue weighted by molar-refractivity contribution is 6.03. The van der Waals surface area contributed by atoms with Gasteiger partial charge in [0.1, 0.15) is 82.1 Å². The molecule has 1 heterocycles. The SMILES string of the molecule is CC[C@@](C)(NC(=O)C(C)(C)NC(=O)[C@@H](NC(=O)[C@H](Cc1c[nH]c2ccccc12)NC(C)=O)C(C)C)C(=O)N[C@@H](C)C(=O)N[C@@H](CCC(N)=O)C(=O)N[C@@H](C)C(=O)NC(C)(C)C(=O)N[C@@H](CO)C(=O)NC(C)(C)C(=O)N[C@@H](C)C(=O)N[C@@H](CC(C)C)C(=O)NC(C)(C)C(=O)N[C@@H](CCC(N)=O)C(=O)N[C@H](CO)CC(C)C. The third-order valence-electron chi connectivity index (χ3n) is 18.0. The minimum atomic E-state index is -1.92. The molecule has 0 spiro atoms. The topological polar surface area (TPSA) is 579 Å². The number of benzene rings is 1. The van der Waals surface area contributed by atoms with Gasteiger partial charge in [-0.1, -0.05) is 66.7 Å². The van der Waals surface area contributed by atoms with Crippen molar-refractivity contribution in [2.24, 2.45) is 29.2 Å². The lowest BCUT2D eigenvalue weighted by Crippen LogP contribution is -2.66. The summed E-state index contributed by atoms with van der Waals surface area (Å²) in [5.74, 6) is -15.3. The summed E-state index contributed by atoms with van der Waals surface area (Å²) < 4.78 is 0. The highest BCUT2D eigenvalue weighted by Crippen LogP contribution is 2.21. The molecule has 0 aliphatic heterocycles. The number of nitrogens with two attached hydrogens (primary N) is 2. The van der Waals surface area contributed by atoms with Gasteiger partial charge in [-0.3, -0.25) is 81.5 Å². The predicted octanol–water partition coefficient (Wildman–Crippen LogP) is -3.23. The van der Waals surface area contributed by atoms with Gasteiger partial charge in [-0.15, -0.1) is 0 Å². The lowest BCUT2D eigenvalue weighted by Gasteiger charge is -2.35. The summed E-state index contributed by atoms with van der Waals surface area (Å²) in [7, 11) is 0. The molecule has 37 nitrogen and oxygen atoms in total. The van der Waals surface area contributed by atoms with Crippen LogP contribution in [0.2, 0.25) is 0 Å². The van der Waals surface area contributed by atoms with Crippen molar-refractivity contribution in [3.05, 3.63) is 36.0 Å². The highest BCUT2D eigenvalue weighted by atomic mass is 16.3. The second-order valence-corrected chi connectivity index (χ2v) is 31.3. The van der Waals surface area contributed by atoms with Crippen molar-refractivity contribution in [3.8, 4) is 0 Å². The van der Waals surface area contributed by atoms with Gasteiger partial charge in [-0.25, -0.2) is 0 Å². The molecule has 11 atom stereocenters. The Bertz CT molecular complexity index is 3660. The molecule has 37 heteroatoms. The van der Waals surface area contributed by atoms with Crippen LogP contribution in [0.5, 0.6) is 0 Å². The van der Waals surface area contributed by atoms with Crippen LogP contribution in [0.25, 0.3) is 10.9 Å². The van der Waals surface area contributed by atoms with E-state index in [-0.39, 0.29) is 43.9 Å². The molecular formula is C73H120N18O19. The first-order valence-corrected chi connectivity index (χ1v) is 36.6. The van der Waals surface area contributed by atoms with Crippen molar-refractivity contribution >= 4 is 111 Å². The number of aromatic nitrogens is 1. The van der Waals surface area contributed by atoms with E-state index in [0.29, 0.717) is 6.42 Å². The number of aliphatic hydroxyl groups excluding tert-OH is 2. The molecule has 616 valence electrons. The van der Waals surface area contributed by atoms with Gasteiger partial charge in [0.25, 0.3) is 0 Å². The first-order chi connectivity index (χ1) is 50.7. The van der Waals surface area contributed by atoms with Crippen LogP contribution in [0.3, 0.4) is 0 Å². The zero-order valence-electron chi connectivity index (χ0n) is 67.0. The standard InChI is InChI=1S/C73H120N18O19/c1-21-73(20,91-67(109)72(18,19)90-63(105)54(38(6)7)86-60(102)50(80-42(11)94)32-43-33-76-46-25-23-22-24-45(43)46)68(110)79-40(9)55(97)82-47(26-28-52(74)95)58(100)77-41(10)57(99)87-70(14,15)66(108)85-51(35-93)62(104)89-69(12,13)64(106)78-39(8)56(98)83-49(31-37(4)5)61(103)88-71(16,17)65(107)84-48(27-29-53(75)96)59(101)81-44(34-92)30-36(2)3/h22-25,33,36-41,44,47-51,54,76,92-93H,21,26-32,34-35H2,1-20H3,(H2,74,95)(H2,75,96)(H,77,100)(H,78,106)(H,79,110)(H,80,94)(H,81,101)(H,82,97)(H,83,98)(H,84,107)(H,85,108)(H,86,102)(H,87,99)(H,88,103)(H,89,104)(H,90,105)(H,91,109)/t39-,40-,41-,44-,47-,48-,49-,50-,51-,54-,73+/m0/s1. The zero-order chi connectivity index (χ0) is 84.5. The smallest absolute Gasteiger partial charge is 0.246 e. The third kappa shape index (κ3) is 30.3.